The van der Waals surface area contributed by atoms with E-state index >= 15 is 0 Å². The minimum atomic E-state index is -4.57. The van der Waals surface area contributed by atoms with Gasteiger partial charge in [-0.2, -0.15) is 13.2 Å². The van der Waals surface area contributed by atoms with Gasteiger partial charge in [-0.1, -0.05) is 30.3 Å². The SMILES string of the molecule is CC1N(Cc2ccccc2)CCC1(O)C(F)(F)F. The third-order valence-electron chi connectivity index (χ3n) is 3.74. The molecule has 2 atom stereocenters. The molecule has 1 N–H and O–H groups in total. The van der Waals surface area contributed by atoms with Crippen LogP contribution in [0.1, 0.15) is 18.9 Å². The van der Waals surface area contributed by atoms with E-state index in [4.69, 9.17) is 0 Å². The van der Waals surface area contributed by atoms with Gasteiger partial charge in [0, 0.05) is 19.1 Å². The molecule has 2 unspecified atom stereocenters. The fraction of sp³-hybridized carbons (Fsp3) is 0.538. The largest absolute Gasteiger partial charge is 0.418 e. The first-order valence-corrected chi connectivity index (χ1v) is 5.92. The standard InChI is InChI=1S/C13H16F3NO/c1-10-12(18,13(14,15)16)7-8-17(10)9-11-5-3-2-4-6-11/h2-6,10,18H,7-9H2,1H3. The summed E-state index contributed by atoms with van der Waals surface area (Å²) in [5, 5.41) is 9.78. The summed E-state index contributed by atoms with van der Waals surface area (Å²) in [5.41, 5.74) is -1.63. The Morgan fingerprint density at radius 1 is 1.33 bits per heavy atom. The van der Waals surface area contributed by atoms with Gasteiger partial charge in [0.25, 0.3) is 0 Å². The minimum absolute atomic E-state index is 0.256. The lowest BCUT2D eigenvalue weighted by molar-refractivity contribution is -0.265. The van der Waals surface area contributed by atoms with E-state index in [0.717, 1.165) is 5.56 Å². The van der Waals surface area contributed by atoms with Gasteiger partial charge in [0.05, 0.1) is 0 Å². The topological polar surface area (TPSA) is 23.5 Å². The molecule has 18 heavy (non-hydrogen) atoms. The van der Waals surface area contributed by atoms with E-state index in [1.807, 2.05) is 30.3 Å². The first-order valence-electron chi connectivity index (χ1n) is 5.92. The predicted molar refractivity (Wildman–Crippen MR) is 61.9 cm³/mol. The van der Waals surface area contributed by atoms with Gasteiger partial charge in [0.15, 0.2) is 5.60 Å². The molecule has 0 spiro atoms. The van der Waals surface area contributed by atoms with Crippen LogP contribution >= 0.6 is 0 Å². The molecule has 2 nitrogen and oxygen atoms in total. The van der Waals surface area contributed by atoms with Gasteiger partial charge in [-0.25, -0.2) is 0 Å². The number of hydrogen-bond acceptors (Lipinski definition) is 2. The van der Waals surface area contributed by atoms with E-state index in [9.17, 15) is 18.3 Å². The second-order valence-corrected chi connectivity index (χ2v) is 4.80. The second-order valence-electron chi connectivity index (χ2n) is 4.80. The van der Waals surface area contributed by atoms with Crippen LogP contribution in [0.15, 0.2) is 30.3 Å². The van der Waals surface area contributed by atoms with Crippen molar-refractivity contribution in [3.05, 3.63) is 35.9 Å². The highest BCUT2D eigenvalue weighted by Gasteiger charge is 2.61. The lowest BCUT2D eigenvalue weighted by atomic mass is 9.95. The van der Waals surface area contributed by atoms with E-state index in [0.29, 0.717) is 6.54 Å². The van der Waals surface area contributed by atoms with Crippen LogP contribution < -0.4 is 0 Å². The zero-order valence-electron chi connectivity index (χ0n) is 10.1. The Balaban J connectivity index is 2.11. The van der Waals surface area contributed by atoms with Crippen molar-refractivity contribution in [3.63, 3.8) is 0 Å². The van der Waals surface area contributed by atoms with Crippen molar-refractivity contribution >= 4 is 0 Å². The van der Waals surface area contributed by atoms with Crippen LogP contribution in [0.2, 0.25) is 0 Å². The molecular formula is C13H16F3NO. The lowest BCUT2D eigenvalue weighted by Gasteiger charge is -2.33. The molecule has 5 heteroatoms. The first kappa shape index (κ1) is 13.4. The molecule has 0 saturated carbocycles. The van der Waals surface area contributed by atoms with E-state index in [1.165, 1.54) is 6.92 Å². The fourth-order valence-corrected chi connectivity index (χ4v) is 2.43. The lowest BCUT2D eigenvalue weighted by Crippen LogP contribution is -2.53. The zero-order chi connectivity index (χ0) is 13.4. The van der Waals surface area contributed by atoms with Gasteiger partial charge >= 0.3 is 6.18 Å². The van der Waals surface area contributed by atoms with E-state index in [2.05, 4.69) is 0 Å². The summed E-state index contributed by atoms with van der Waals surface area (Å²) >= 11 is 0. The molecule has 1 saturated heterocycles. The molecule has 1 aliphatic rings. The van der Waals surface area contributed by atoms with E-state index in [1.54, 1.807) is 4.90 Å². The first-order chi connectivity index (χ1) is 8.34. The summed E-state index contributed by atoms with van der Waals surface area (Å²) in [4.78, 5) is 1.67. The Hall–Kier alpha value is -1.07. The fourth-order valence-electron chi connectivity index (χ4n) is 2.43. The number of likely N-dealkylation sites (tertiary alicyclic amines) is 1. The van der Waals surface area contributed by atoms with Gasteiger partial charge in [0.1, 0.15) is 0 Å². The normalized spacial score (nSPS) is 29.7. The third kappa shape index (κ3) is 2.24. The highest BCUT2D eigenvalue weighted by molar-refractivity contribution is 5.15. The van der Waals surface area contributed by atoms with E-state index in [-0.39, 0.29) is 13.0 Å². The molecule has 0 aromatic heterocycles. The van der Waals surface area contributed by atoms with Crippen molar-refractivity contribution in [1.29, 1.82) is 0 Å². The summed E-state index contributed by atoms with van der Waals surface area (Å²) < 4.78 is 38.5. The number of halogens is 3. The second kappa shape index (κ2) is 4.55. The Bertz CT molecular complexity index is 406. The number of nitrogens with zero attached hydrogens (tertiary/aromatic N) is 1. The van der Waals surface area contributed by atoms with Crippen LogP contribution in [0.25, 0.3) is 0 Å². The molecule has 0 bridgehead atoms. The molecule has 1 fully saturated rings. The monoisotopic (exact) mass is 259 g/mol. The Morgan fingerprint density at radius 2 is 1.94 bits per heavy atom. The van der Waals surface area contributed by atoms with Gasteiger partial charge in [-0.15, -0.1) is 0 Å². The number of rotatable bonds is 2. The van der Waals surface area contributed by atoms with Crippen LogP contribution in [-0.2, 0) is 6.54 Å². The number of alkyl halides is 3. The summed E-state index contributed by atoms with van der Waals surface area (Å²) in [6.45, 7) is 2.12. The molecule has 2 rings (SSSR count). The third-order valence-corrected chi connectivity index (χ3v) is 3.74. The van der Waals surface area contributed by atoms with Crippen LogP contribution in [0, 0.1) is 0 Å². The number of hydrogen-bond donors (Lipinski definition) is 1. The van der Waals surface area contributed by atoms with Crippen molar-refractivity contribution < 1.29 is 18.3 Å². The highest BCUT2D eigenvalue weighted by atomic mass is 19.4. The Labute approximate surface area is 104 Å². The molecule has 1 aromatic rings. The van der Waals surface area contributed by atoms with Crippen LogP contribution in [-0.4, -0.2) is 34.4 Å². The van der Waals surface area contributed by atoms with E-state index < -0.39 is 17.8 Å². The number of aliphatic hydroxyl groups is 1. The van der Waals surface area contributed by atoms with Gasteiger partial charge < -0.3 is 5.11 Å². The minimum Gasteiger partial charge on any atom is -0.379 e. The van der Waals surface area contributed by atoms with Crippen molar-refractivity contribution in [2.75, 3.05) is 6.54 Å². The summed E-state index contributed by atoms with van der Waals surface area (Å²) in [7, 11) is 0. The molecule has 0 aliphatic carbocycles. The molecule has 1 aliphatic heterocycles. The van der Waals surface area contributed by atoms with Gasteiger partial charge in [-0.05, 0) is 18.9 Å². The van der Waals surface area contributed by atoms with Crippen LogP contribution in [0.4, 0.5) is 13.2 Å². The average Bonchev–Trinajstić information content (AvgIpc) is 2.59. The van der Waals surface area contributed by atoms with Crippen molar-refractivity contribution in [1.82, 2.24) is 4.90 Å². The van der Waals surface area contributed by atoms with Crippen LogP contribution in [0.5, 0.6) is 0 Å². The van der Waals surface area contributed by atoms with Crippen LogP contribution in [0.3, 0.4) is 0 Å². The molecule has 0 amide bonds. The molecular weight excluding hydrogens is 243 g/mol. The predicted octanol–water partition coefficient (Wildman–Crippen LogP) is 2.57. The van der Waals surface area contributed by atoms with Crippen molar-refractivity contribution in [2.45, 2.75) is 37.7 Å². The summed E-state index contributed by atoms with van der Waals surface area (Å²) in [6, 6.07) is 8.40. The van der Waals surface area contributed by atoms with Gasteiger partial charge in [0.2, 0.25) is 0 Å². The number of benzene rings is 1. The highest BCUT2D eigenvalue weighted by Crippen LogP contribution is 2.42. The van der Waals surface area contributed by atoms with Crippen molar-refractivity contribution in [2.24, 2.45) is 0 Å². The molecule has 100 valence electrons. The molecule has 0 radical (unpaired) electrons. The summed E-state index contributed by atoms with van der Waals surface area (Å²) in [5.74, 6) is 0. The zero-order valence-corrected chi connectivity index (χ0v) is 10.1. The maximum atomic E-state index is 12.8. The molecule has 1 heterocycles. The maximum Gasteiger partial charge on any atom is 0.418 e. The average molecular weight is 259 g/mol. The Morgan fingerprint density at radius 3 is 2.44 bits per heavy atom. The smallest absolute Gasteiger partial charge is 0.379 e. The summed E-state index contributed by atoms with van der Waals surface area (Å²) in [6.07, 6.45) is -4.83. The van der Waals surface area contributed by atoms with Crippen molar-refractivity contribution in [3.8, 4) is 0 Å². The maximum absolute atomic E-state index is 12.8. The molecule has 1 aromatic carbocycles. The Kier molecular flexibility index (Phi) is 3.38. The quantitative estimate of drug-likeness (QED) is 0.882. The van der Waals surface area contributed by atoms with Gasteiger partial charge in [-0.3, -0.25) is 4.90 Å².